The lowest BCUT2D eigenvalue weighted by Crippen LogP contribution is -2.25. The summed E-state index contributed by atoms with van der Waals surface area (Å²) < 4.78 is 40.9. The molecule has 0 radical (unpaired) electrons. The maximum absolute atomic E-state index is 13.6. The molecule has 5 N–H and O–H groups in total. The summed E-state index contributed by atoms with van der Waals surface area (Å²) >= 11 is 1.30. The fourth-order valence-corrected chi connectivity index (χ4v) is 3.22. The van der Waals surface area contributed by atoms with E-state index in [0.29, 0.717) is 0 Å². The Hall–Kier alpha value is -3.47. The van der Waals surface area contributed by atoms with Crippen molar-refractivity contribution in [2.75, 3.05) is 0 Å². The van der Waals surface area contributed by atoms with Crippen LogP contribution in [0.25, 0.3) is 16.5 Å². The maximum Gasteiger partial charge on any atom is 0.418 e. The molecule has 7 nitrogen and oxygen atoms in total. The van der Waals surface area contributed by atoms with E-state index in [-0.39, 0.29) is 28.8 Å². The number of nitrogens with one attached hydrogen (secondary N) is 3. The van der Waals surface area contributed by atoms with Gasteiger partial charge in [0.2, 0.25) is 0 Å². The van der Waals surface area contributed by atoms with E-state index in [2.05, 4.69) is 15.3 Å². The van der Waals surface area contributed by atoms with Crippen LogP contribution < -0.4 is 16.5 Å². The van der Waals surface area contributed by atoms with E-state index in [4.69, 9.17) is 11.1 Å². The fraction of sp³-hybridized carbons (Fsp3) is 0.111. The average Bonchev–Trinajstić information content (AvgIpc) is 3.19. The Balaban J connectivity index is 2.12. The van der Waals surface area contributed by atoms with E-state index >= 15 is 0 Å². The predicted octanol–water partition coefficient (Wildman–Crippen LogP) is 2.88. The molecule has 0 aliphatic rings. The van der Waals surface area contributed by atoms with Crippen molar-refractivity contribution >= 4 is 39.9 Å². The third-order valence-electron chi connectivity index (χ3n) is 4.06. The number of thiazole rings is 1. The Kier molecular flexibility index (Phi) is 5.50. The Morgan fingerprint density at radius 2 is 2.10 bits per heavy atom. The van der Waals surface area contributed by atoms with Crippen molar-refractivity contribution in [3.8, 4) is 0 Å². The standard InChI is InChI=1S/C18H14F3N5O2S/c19-18(20,21)13-2-9(10(4-22)5-23)1-12-15(27)3-14(26-16(12)13)17(28)25-7-11-6-24-8-29-11/h1-6,8,22H,7,23H2,(H,25,28)(H,26,27)/b10-5+,22-4?. The number of hydrogen-bond donors (Lipinski definition) is 4. The van der Waals surface area contributed by atoms with Gasteiger partial charge < -0.3 is 21.4 Å². The number of fused-ring (bicyclic) bond motifs is 1. The number of pyridine rings is 1. The number of carbonyl (C=O) groups is 1. The maximum atomic E-state index is 13.6. The van der Waals surface area contributed by atoms with Gasteiger partial charge in [0.25, 0.3) is 5.91 Å². The normalized spacial score (nSPS) is 12.2. The lowest BCUT2D eigenvalue weighted by Gasteiger charge is -2.14. The predicted molar refractivity (Wildman–Crippen MR) is 104 cm³/mol. The Morgan fingerprint density at radius 1 is 1.34 bits per heavy atom. The van der Waals surface area contributed by atoms with Crippen LogP contribution in [0.4, 0.5) is 13.2 Å². The molecule has 0 fully saturated rings. The molecule has 0 unspecified atom stereocenters. The van der Waals surface area contributed by atoms with E-state index in [1.807, 2.05) is 0 Å². The van der Waals surface area contributed by atoms with Crippen LogP contribution in [0.15, 0.2) is 40.9 Å². The molecule has 0 saturated carbocycles. The van der Waals surface area contributed by atoms with Gasteiger partial charge in [-0.1, -0.05) is 0 Å². The first-order valence-corrected chi connectivity index (χ1v) is 8.99. The number of hydrogen-bond acceptors (Lipinski definition) is 6. The van der Waals surface area contributed by atoms with E-state index in [1.165, 1.54) is 17.4 Å². The molecule has 2 aromatic heterocycles. The van der Waals surface area contributed by atoms with Gasteiger partial charge in [0.15, 0.2) is 5.43 Å². The second kappa shape index (κ2) is 7.87. The molecule has 0 bridgehead atoms. The van der Waals surface area contributed by atoms with E-state index in [0.717, 1.165) is 29.4 Å². The number of aromatic nitrogens is 2. The second-order valence-electron chi connectivity index (χ2n) is 5.91. The van der Waals surface area contributed by atoms with Gasteiger partial charge in [0.05, 0.1) is 23.1 Å². The van der Waals surface area contributed by atoms with Crippen LogP contribution >= 0.6 is 11.3 Å². The number of carbonyl (C=O) groups excluding carboxylic acids is 1. The summed E-state index contributed by atoms with van der Waals surface area (Å²) in [5.41, 5.74) is 4.19. The molecular weight excluding hydrogens is 407 g/mol. The summed E-state index contributed by atoms with van der Waals surface area (Å²) in [6.45, 7) is 0.124. The number of aromatic amines is 1. The number of nitrogens with zero attached hydrogens (tertiary/aromatic N) is 1. The monoisotopic (exact) mass is 421 g/mol. The highest BCUT2D eigenvalue weighted by Gasteiger charge is 2.34. The van der Waals surface area contributed by atoms with Crippen molar-refractivity contribution in [3.63, 3.8) is 0 Å². The first kappa shape index (κ1) is 20.3. The zero-order chi connectivity index (χ0) is 21.2. The van der Waals surface area contributed by atoms with Crippen molar-refractivity contribution < 1.29 is 18.0 Å². The van der Waals surface area contributed by atoms with Crippen LogP contribution in [0.1, 0.15) is 26.5 Å². The van der Waals surface area contributed by atoms with Gasteiger partial charge in [0.1, 0.15) is 5.69 Å². The van der Waals surface area contributed by atoms with Gasteiger partial charge in [-0.3, -0.25) is 14.6 Å². The molecule has 1 amide bonds. The van der Waals surface area contributed by atoms with Crippen molar-refractivity contribution in [3.05, 3.63) is 68.0 Å². The molecule has 1 aromatic carbocycles. The molecule has 0 aliphatic carbocycles. The third-order valence-corrected chi connectivity index (χ3v) is 4.84. The lowest BCUT2D eigenvalue weighted by molar-refractivity contribution is -0.136. The van der Waals surface area contributed by atoms with Gasteiger partial charge in [-0.15, -0.1) is 11.3 Å². The summed E-state index contributed by atoms with van der Waals surface area (Å²) in [5, 5.41) is 9.54. The van der Waals surface area contributed by atoms with E-state index < -0.39 is 28.6 Å². The number of nitrogens with two attached hydrogens (primary N) is 1. The largest absolute Gasteiger partial charge is 0.418 e. The summed E-state index contributed by atoms with van der Waals surface area (Å²) in [4.78, 5) is 31.8. The number of alkyl halides is 3. The van der Waals surface area contributed by atoms with E-state index in [9.17, 15) is 22.8 Å². The number of amides is 1. The van der Waals surface area contributed by atoms with Crippen molar-refractivity contribution in [1.82, 2.24) is 15.3 Å². The van der Waals surface area contributed by atoms with Crippen LogP contribution in [0, 0.1) is 5.41 Å². The molecule has 29 heavy (non-hydrogen) atoms. The summed E-state index contributed by atoms with van der Waals surface area (Å²) in [6.07, 6.45) is -1.50. The van der Waals surface area contributed by atoms with Crippen molar-refractivity contribution in [2.45, 2.75) is 12.7 Å². The Morgan fingerprint density at radius 3 is 2.69 bits per heavy atom. The minimum atomic E-state index is -4.81. The summed E-state index contributed by atoms with van der Waals surface area (Å²) in [5.74, 6) is -0.725. The molecule has 0 atom stereocenters. The van der Waals surface area contributed by atoms with Gasteiger partial charge in [-0.25, -0.2) is 0 Å². The quantitative estimate of drug-likeness (QED) is 0.473. The molecule has 3 aromatic rings. The highest BCUT2D eigenvalue weighted by molar-refractivity contribution is 7.09. The summed E-state index contributed by atoms with van der Waals surface area (Å²) in [7, 11) is 0. The van der Waals surface area contributed by atoms with Crippen LogP contribution in [0.3, 0.4) is 0 Å². The van der Waals surface area contributed by atoms with Gasteiger partial charge in [-0.2, -0.15) is 13.2 Å². The summed E-state index contributed by atoms with van der Waals surface area (Å²) in [6, 6.07) is 2.91. The molecular formula is C18H14F3N5O2S. The number of benzene rings is 1. The highest BCUT2D eigenvalue weighted by Crippen LogP contribution is 2.35. The molecule has 3 rings (SSSR count). The van der Waals surface area contributed by atoms with Gasteiger partial charge >= 0.3 is 6.18 Å². The average molecular weight is 421 g/mol. The van der Waals surface area contributed by atoms with E-state index in [1.54, 1.807) is 11.7 Å². The second-order valence-corrected chi connectivity index (χ2v) is 6.88. The van der Waals surface area contributed by atoms with Crippen LogP contribution in [0.5, 0.6) is 0 Å². The molecule has 0 aliphatic heterocycles. The minimum absolute atomic E-state index is 0.0168. The topological polar surface area (TPSA) is 125 Å². The number of allylic oxidation sites excluding steroid dienone is 1. The number of rotatable bonds is 5. The van der Waals surface area contributed by atoms with Crippen LogP contribution in [0.2, 0.25) is 0 Å². The molecule has 2 heterocycles. The Labute approximate surface area is 165 Å². The SMILES string of the molecule is N=C/C(=C\N)c1cc(C(F)(F)F)c2[nH]c(C(=O)NCc3cncs3)cc(=O)c2c1. The Bertz CT molecular complexity index is 1170. The first-order valence-electron chi connectivity index (χ1n) is 8.11. The molecule has 11 heteroatoms. The van der Waals surface area contributed by atoms with Crippen LogP contribution in [-0.2, 0) is 12.7 Å². The zero-order valence-electron chi connectivity index (χ0n) is 14.6. The molecule has 150 valence electrons. The number of halogens is 3. The smallest absolute Gasteiger partial charge is 0.404 e. The molecule has 0 spiro atoms. The zero-order valence-corrected chi connectivity index (χ0v) is 15.4. The van der Waals surface area contributed by atoms with Crippen molar-refractivity contribution in [1.29, 1.82) is 5.41 Å². The lowest BCUT2D eigenvalue weighted by atomic mass is 9.99. The van der Waals surface area contributed by atoms with Gasteiger partial charge in [0, 0.05) is 40.5 Å². The molecule has 0 saturated heterocycles. The van der Waals surface area contributed by atoms with Gasteiger partial charge in [-0.05, 0) is 17.7 Å². The minimum Gasteiger partial charge on any atom is -0.404 e. The van der Waals surface area contributed by atoms with Crippen LogP contribution in [-0.4, -0.2) is 22.1 Å². The van der Waals surface area contributed by atoms with Crippen molar-refractivity contribution in [2.24, 2.45) is 5.73 Å². The fourth-order valence-electron chi connectivity index (χ4n) is 2.68. The number of H-pyrrole nitrogens is 1. The first-order chi connectivity index (χ1) is 13.7. The highest BCUT2D eigenvalue weighted by atomic mass is 32.1. The third kappa shape index (κ3) is 4.19.